The van der Waals surface area contributed by atoms with Gasteiger partial charge in [0.05, 0.1) is 13.7 Å². The zero-order chi connectivity index (χ0) is 15.6. The van der Waals surface area contributed by atoms with Crippen molar-refractivity contribution in [2.24, 2.45) is 0 Å². The van der Waals surface area contributed by atoms with Crippen molar-refractivity contribution in [2.45, 2.75) is 24.7 Å². The molecule has 0 N–H and O–H groups in total. The van der Waals surface area contributed by atoms with E-state index in [9.17, 15) is 9.59 Å². The maximum absolute atomic E-state index is 11.5. The van der Waals surface area contributed by atoms with E-state index in [4.69, 9.17) is 9.47 Å². The Balaban J connectivity index is 2.18. The monoisotopic (exact) mass is 298 g/mol. The van der Waals surface area contributed by atoms with Gasteiger partial charge in [0.25, 0.3) is 0 Å². The van der Waals surface area contributed by atoms with Gasteiger partial charge in [0.15, 0.2) is 17.3 Å². The first-order valence-electron chi connectivity index (χ1n) is 7.39. The Bertz CT molecular complexity index is 654. The van der Waals surface area contributed by atoms with E-state index in [1.165, 1.54) is 0 Å². The highest BCUT2D eigenvalue weighted by molar-refractivity contribution is 6.01. The van der Waals surface area contributed by atoms with Gasteiger partial charge in [-0.05, 0) is 36.6 Å². The summed E-state index contributed by atoms with van der Waals surface area (Å²) < 4.78 is 11.3. The highest BCUT2D eigenvalue weighted by Gasteiger charge is 2.38. The molecule has 0 radical (unpaired) electrons. The fraction of sp³-hybridized carbons (Fsp3) is 0.333. The molecule has 114 valence electrons. The van der Waals surface area contributed by atoms with Crippen LogP contribution in [0.5, 0.6) is 11.5 Å². The molecule has 1 aromatic carbocycles. The highest BCUT2D eigenvalue weighted by Crippen LogP contribution is 2.48. The van der Waals surface area contributed by atoms with Gasteiger partial charge >= 0.3 is 0 Å². The Morgan fingerprint density at radius 3 is 2.77 bits per heavy atom. The summed E-state index contributed by atoms with van der Waals surface area (Å²) >= 11 is 0. The van der Waals surface area contributed by atoms with Crippen molar-refractivity contribution in [3.8, 4) is 11.5 Å². The number of methoxy groups -OCH3 is 1. The van der Waals surface area contributed by atoms with E-state index in [0.717, 1.165) is 29.6 Å². The highest BCUT2D eigenvalue weighted by atomic mass is 16.5. The standard InChI is InChI=1S/C18H18O4/c1-21-15-5-4-13(3-2-11-19)16-17(15)22-12-10-18(16)8-6-14(20)7-9-18/h4-9,11H,2-3,10,12H2,1H3. The number of aldehydes is 1. The lowest BCUT2D eigenvalue weighted by Gasteiger charge is -2.37. The Morgan fingerprint density at radius 2 is 2.09 bits per heavy atom. The van der Waals surface area contributed by atoms with Crippen LogP contribution in [0.3, 0.4) is 0 Å². The second-order valence-electron chi connectivity index (χ2n) is 5.54. The fourth-order valence-corrected chi connectivity index (χ4v) is 3.19. The fourth-order valence-electron chi connectivity index (χ4n) is 3.19. The molecular weight excluding hydrogens is 280 g/mol. The molecule has 4 nitrogen and oxygen atoms in total. The van der Waals surface area contributed by atoms with E-state index in [1.54, 1.807) is 19.3 Å². The van der Waals surface area contributed by atoms with Crippen molar-refractivity contribution in [1.82, 2.24) is 0 Å². The number of ether oxygens (including phenoxy) is 2. The van der Waals surface area contributed by atoms with Crippen molar-refractivity contribution >= 4 is 12.1 Å². The van der Waals surface area contributed by atoms with Gasteiger partial charge in [0, 0.05) is 17.4 Å². The van der Waals surface area contributed by atoms with Gasteiger partial charge in [-0.2, -0.15) is 0 Å². The second kappa shape index (κ2) is 5.79. The molecule has 0 fully saturated rings. The number of carbonyl (C=O) groups excluding carboxylic acids is 2. The first-order chi connectivity index (χ1) is 10.7. The summed E-state index contributed by atoms with van der Waals surface area (Å²) in [6.07, 6.45) is 9.90. The number of hydrogen-bond donors (Lipinski definition) is 0. The average molecular weight is 298 g/mol. The predicted molar refractivity (Wildman–Crippen MR) is 82.5 cm³/mol. The summed E-state index contributed by atoms with van der Waals surface area (Å²) in [6.45, 7) is 0.559. The summed E-state index contributed by atoms with van der Waals surface area (Å²) in [4.78, 5) is 22.3. The average Bonchev–Trinajstić information content (AvgIpc) is 2.55. The van der Waals surface area contributed by atoms with Crippen LogP contribution in [0.2, 0.25) is 0 Å². The third kappa shape index (κ3) is 2.34. The molecule has 0 atom stereocenters. The summed E-state index contributed by atoms with van der Waals surface area (Å²) in [5.41, 5.74) is 1.72. The predicted octanol–water partition coefficient (Wildman–Crippen LogP) is 2.54. The summed E-state index contributed by atoms with van der Waals surface area (Å²) in [6, 6.07) is 3.86. The first-order valence-corrected chi connectivity index (χ1v) is 7.39. The number of carbonyl (C=O) groups is 2. The largest absolute Gasteiger partial charge is 0.493 e. The third-order valence-electron chi connectivity index (χ3n) is 4.28. The third-order valence-corrected chi connectivity index (χ3v) is 4.28. The Labute approximate surface area is 129 Å². The number of ketones is 1. The molecule has 3 rings (SSSR count). The molecular formula is C18H18O4. The number of hydrogen-bond acceptors (Lipinski definition) is 4. The lowest BCUT2D eigenvalue weighted by Crippen LogP contribution is -2.32. The minimum absolute atomic E-state index is 0.00370. The van der Waals surface area contributed by atoms with Gasteiger partial charge in [-0.25, -0.2) is 0 Å². The second-order valence-corrected chi connectivity index (χ2v) is 5.54. The molecule has 4 heteroatoms. The van der Waals surface area contributed by atoms with E-state index in [-0.39, 0.29) is 11.2 Å². The van der Waals surface area contributed by atoms with Gasteiger partial charge in [0.1, 0.15) is 6.29 Å². The minimum Gasteiger partial charge on any atom is -0.493 e. The van der Waals surface area contributed by atoms with Crippen molar-refractivity contribution < 1.29 is 19.1 Å². The van der Waals surface area contributed by atoms with E-state index in [0.29, 0.717) is 25.2 Å². The normalized spacial score (nSPS) is 18.0. The molecule has 22 heavy (non-hydrogen) atoms. The number of rotatable bonds is 4. The molecule has 0 bridgehead atoms. The molecule has 0 saturated carbocycles. The smallest absolute Gasteiger partial charge is 0.178 e. The number of fused-ring (bicyclic) bond motifs is 2. The quantitative estimate of drug-likeness (QED) is 0.802. The topological polar surface area (TPSA) is 52.6 Å². The van der Waals surface area contributed by atoms with Crippen LogP contribution in [0.4, 0.5) is 0 Å². The van der Waals surface area contributed by atoms with Crippen molar-refractivity contribution in [3.63, 3.8) is 0 Å². The van der Waals surface area contributed by atoms with Crippen molar-refractivity contribution in [2.75, 3.05) is 13.7 Å². The van der Waals surface area contributed by atoms with Crippen LogP contribution in [-0.2, 0) is 21.4 Å². The van der Waals surface area contributed by atoms with E-state index >= 15 is 0 Å². The Morgan fingerprint density at radius 1 is 1.32 bits per heavy atom. The Hall–Kier alpha value is -2.36. The summed E-state index contributed by atoms with van der Waals surface area (Å²) in [5, 5.41) is 0. The molecule has 1 aromatic rings. The van der Waals surface area contributed by atoms with E-state index in [1.807, 2.05) is 24.3 Å². The first kappa shape index (κ1) is 14.6. The zero-order valence-corrected chi connectivity index (χ0v) is 12.5. The minimum atomic E-state index is -0.353. The maximum atomic E-state index is 11.5. The summed E-state index contributed by atoms with van der Waals surface area (Å²) in [5.74, 6) is 1.40. The van der Waals surface area contributed by atoms with Crippen molar-refractivity contribution in [1.29, 1.82) is 0 Å². The molecule has 1 aliphatic carbocycles. The van der Waals surface area contributed by atoms with E-state index < -0.39 is 0 Å². The van der Waals surface area contributed by atoms with Crippen LogP contribution in [0, 0.1) is 0 Å². The van der Waals surface area contributed by atoms with Crippen LogP contribution in [-0.4, -0.2) is 25.8 Å². The lowest BCUT2D eigenvalue weighted by atomic mass is 9.71. The molecule has 0 saturated heterocycles. The van der Waals surface area contributed by atoms with Gasteiger partial charge in [-0.1, -0.05) is 18.2 Å². The maximum Gasteiger partial charge on any atom is 0.178 e. The Kier molecular flexibility index (Phi) is 3.84. The number of benzene rings is 1. The SMILES string of the molecule is COc1ccc(CCC=O)c2c1OCCC21C=CC(=O)C=C1. The molecule has 1 spiro atoms. The van der Waals surface area contributed by atoms with Crippen LogP contribution >= 0.6 is 0 Å². The molecule has 0 amide bonds. The molecule has 0 aromatic heterocycles. The lowest BCUT2D eigenvalue weighted by molar-refractivity contribution is -0.110. The van der Waals surface area contributed by atoms with Crippen LogP contribution in [0.15, 0.2) is 36.4 Å². The molecule has 2 aliphatic rings. The number of aryl methyl sites for hydroxylation is 1. The van der Waals surface area contributed by atoms with Crippen molar-refractivity contribution in [3.05, 3.63) is 47.6 Å². The number of allylic oxidation sites excluding steroid dienone is 4. The van der Waals surface area contributed by atoms with Crippen LogP contribution < -0.4 is 9.47 Å². The van der Waals surface area contributed by atoms with Gasteiger partial charge in [-0.3, -0.25) is 4.79 Å². The molecule has 0 unspecified atom stereocenters. The zero-order valence-electron chi connectivity index (χ0n) is 12.5. The van der Waals surface area contributed by atoms with Gasteiger partial charge < -0.3 is 14.3 Å². The van der Waals surface area contributed by atoms with E-state index in [2.05, 4.69) is 0 Å². The van der Waals surface area contributed by atoms with Crippen LogP contribution in [0.1, 0.15) is 24.0 Å². The van der Waals surface area contributed by atoms with Crippen LogP contribution in [0.25, 0.3) is 0 Å². The molecule has 1 heterocycles. The molecule has 1 aliphatic heterocycles. The summed E-state index contributed by atoms with van der Waals surface area (Å²) in [7, 11) is 1.61. The van der Waals surface area contributed by atoms with Gasteiger partial charge in [-0.15, -0.1) is 0 Å². The van der Waals surface area contributed by atoms with Gasteiger partial charge in [0.2, 0.25) is 0 Å².